The van der Waals surface area contributed by atoms with Crippen LogP contribution in [0.1, 0.15) is 0 Å². The number of hydrogen-bond acceptors (Lipinski definition) is 5. The third-order valence-electron chi connectivity index (χ3n) is 4.29. The molecule has 0 fully saturated rings. The number of nitrogens with zero attached hydrogens (tertiary/aromatic N) is 2. The van der Waals surface area contributed by atoms with Gasteiger partial charge in [0.1, 0.15) is 23.8 Å². The number of H-pyrrole nitrogens is 2. The number of nitrogens with one attached hydrogen (secondary N) is 2. The number of aromatic amines is 2. The average molecular weight is 399 g/mol. The molecular weight excluding hydrogens is 380 g/mol. The molecule has 0 atom stereocenters. The summed E-state index contributed by atoms with van der Waals surface area (Å²) in [6.07, 6.45) is 0. The van der Waals surface area contributed by atoms with E-state index in [9.17, 15) is 0 Å². The molecule has 0 unspecified atom stereocenters. The van der Waals surface area contributed by atoms with E-state index in [4.69, 9.17) is 25.8 Å². The average Bonchev–Trinajstić information content (AvgIpc) is 3.35. The molecule has 7 nitrogen and oxygen atoms in total. The second-order valence-electron chi connectivity index (χ2n) is 6.12. The van der Waals surface area contributed by atoms with Crippen LogP contribution in [-0.2, 0) is 4.74 Å². The zero-order valence-corrected chi connectivity index (χ0v) is 16.2. The van der Waals surface area contributed by atoms with Gasteiger partial charge >= 0.3 is 0 Å². The summed E-state index contributed by atoms with van der Waals surface area (Å²) in [7, 11) is 3.23. The molecule has 0 saturated heterocycles. The first-order chi connectivity index (χ1) is 13.7. The molecule has 8 heteroatoms. The van der Waals surface area contributed by atoms with E-state index in [0.29, 0.717) is 29.8 Å². The van der Waals surface area contributed by atoms with Crippen molar-refractivity contribution in [1.82, 2.24) is 20.2 Å². The Labute approximate surface area is 166 Å². The van der Waals surface area contributed by atoms with E-state index in [0.717, 1.165) is 33.7 Å². The molecule has 4 rings (SSSR count). The zero-order valence-electron chi connectivity index (χ0n) is 15.5. The van der Waals surface area contributed by atoms with Crippen molar-refractivity contribution in [3.8, 4) is 34.3 Å². The lowest BCUT2D eigenvalue weighted by atomic mass is 10.1. The highest BCUT2D eigenvalue weighted by Crippen LogP contribution is 2.31. The third kappa shape index (κ3) is 3.67. The standard InChI is InChI=1S/C20H19ClN4O3/c1-26-7-8-28-13-4-5-15-17(10-13)23-20(22-15)18-11-16(24-25-18)12-3-6-19(27-2)14(21)9-12/h3-6,9-11H,7-8H2,1-2H3,(H,22,23)(H,24,25). The number of benzene rings is 2. The Kier molecular flexibility index (Phi) is 5.18. The van der Waals surface area contributed by atoms with E-state index in [1.165, 1.54) is 0 Å². The fourth-order valence-corrected chi connectivity index (χ4v) is 3.12. The summed E-state index contributed by atoms with van der Waals surface area (Å²) in [5, 5.41) is 7.93. The monoisotopic (exact) mass is 398 g/mol. The SMILES string of the molecule is COCCOc1ccc2nc(-c3cc(-c4ccc(OC)c(Cl)c4)n[nH]3)[nH]c2c1. The van der Waals surface area contributed by atoms with E-state index in [1.807, 2.05) is 42.5 Å². The zero-order chi connectivity index (χ0) is 19.5. The van der Waals surface area contributed by atoms with Gasteiger partial charge in [-0.15, -0.1) is 0 Å². The van der Waals surface area contributed by atoms with Crippen LogP contribution in [0.5, 0.6) is 11.5 Å². The number of hydrogen-bond donors (Lipinski definition) is 2. The molecule has 0 radical (unpaired) electrons. The maximum absolute atomic E-state index is 6.22. The molecule has 0 saturated carbocycles. The molecular formula is C20H19ClN4O3. The topological polar surface area (TPSA) is 85.0 Å². The molecule has 0 amide bonds. The second-order valence-corrected chi connectivity index (χ2v) is 6.53. The maximum atomic E-state index is 6.22. The van der Waals surface area contributed by atoms with Gasteiger partial charge in [0, 0.05) is 18.7 Å². The number of halogens is 1. The van der Waals surface area contributed by atoms with Gasteiger partial charge in [-0.1, -0.05) is 11.6 Å². The highest BCUT2D eigenvalue weighted by molar-refractivity contribution is 6.32. The first-order valence-electron chi connectivity index (χ1n) is 8.69. The van der Waals surface area contributed by atoms with Gasteiger partial charge in [-0.2, -0.15) is 5.10 Å². The Morgan fingerprint density at radius 2 is 1.93 bits per heavy atom. The Balaban J connectivity index is 1.59. The summed E-state index contributed by atoms with van der Waals surface area (Å²) >= 11 is 6.22. The summed E-state index contributed by atoms with van der Waals surface area (Å²) in [5.41, 5.74) is 4.16. The maximum Gasteiger partial charge on any atom is 0.156 e. The van der Waals surface area contributed by atoms with Crippen LogP contribution in [-0.4, -0.2) is 47.6 Å². The molecule has 28 heavy (non-hydrogen) atoms. The molecule has 2 aromatic carbocycles. The van der Waals surface area contributed by atoms with Crippen LogP contribution in [0.4, 0.5) is 0 Å². The molecule has 144 valence electrons. The lowest BCUT2D eigenvalue weighted by Crippen LogP contribution is -2.03. The van der Waals surface area contributed by atoms with Crippen LogP contribution in [0.15, 0.2) is 42.5 Å². The van der Waals surface area contributed by atoms with Crippen molar-refractivity contribution in [2.24, 2.45) is 0 Å². The second kappa shape index (κ2) is 7.92. The summed E-state index contributed by atoms with van der Waals surface area (Å²) in [5.74, 6) is 2.09. The predicted molar refractivity (Wildman–Crippen MR) is 108 cm³/mol. The fraction of sp³-hybridized carbons (Fsp3) is 0.200. The quantitative estimate of drug-likeness (QED) is 0.453. The lowest BCUT2D eigenvalue weighted by molar-refractivity contribution is 0.146. The minimum atomic E-state index is 0.497. The van der Waals surface area contributed by atoms with Gasteiger partial charge in [-0.05, 0) is 36.4 Å². The Morgan fingerprint density at radius 1 is 1.04 bits per heavy atom. The summed E-state index contributed by atoms with van der Waals surface area (Å²) < 4.78 is 15.8. The molecule has 0 bridgehead atoms. The van der Waals surface area contributed by atoms with Gasteiger partial charge in [-0.3, -0.25) is 5.10 Å². The van der Waals surface area contributed by atoms with E-state index in [-0.39, 0.29) is 0 Å². The van der Waals surface area contributed by atoms with Gasteiger partial charge < -0.3 is 19.2 Å². The summed E-state index contributed by atoms with van der Waals surface area (Å²) in [4.78, 5) is 7.92. The van der Waals surface area contributed by atoms with Crippen LogP contribution in [0.25, 0.3) is 33.8 Å². The number of fused-ring (bicyclic) bond motifs is 1. The van der Waals surface area contributed by atoms with Crippen molar-refractivity contribution in [2.75, 3.05) is 27.4 Å². The van der Waals surface area contributed by atoms with E-state index in [2.05, 4.69) is 20.2 Å². The van der Waals surface area contributed by atoms with Gasteiger partial charge in [0.15, 0.2) is 5.82 Å². The highest BCUT2D eigenvalue weighted by Gasteiger charge is 2.12. The Morgan fingerprint density at radius 3 is 2.71 bits per heavy atom. The fourth-order valence-electron chi connectivity index (χ4n) is 2.87. The van der Waals surface area contributed by atoms with Crippen LogP contribution in [0.3, 0.4) is 0 Å². The molecule has 0 spiro atoms. The van der Waals surface area contributed by atoms with Crippen molar-refractivity contribution in [3.05, 3.63) is 47.5 Å². The molecule has 2 heterocycles. The number of aromatic nitrogens is 4. The first kappa shape index (κ1) is 18.3. The molecule has 4 aromatic rings. The smallest absolute Gasteiger partial charge is 0.156 e. The van der Waals surface area contributed by atoms with Crippen molar-refractivity contribution < 1.29 is 14.2 Å². The molecule has 2 aromatic heterocycles. The highest BCUT2D eigenvalue weighted by atomic mass is 35.5. The van der Waals surface area contributed by atoms with E-state index in [1.54, 1.807) is 14.2 Å². The van der Waals surface area contributed by atoms with Crippen LogP contribution >= 0.6 is 11.6 Å². The van der Waals surface area contributed by atoms with E-state index < -0.39 is 0 Å². The van der Waals surface area contributed by atoms with Gasteiger partial charge in [0.05, 0.1) is 35.5 Å². The van der Waals surface area contributed by atoms with E-state index >= 15 is 0 Å². The summed E-state index contributed by atoms with van der Waals surface area (Å²) in [6, 6.07) is 13.2. The largest absolute Gasteiger partial charge is 0.495 e. The Bertz CT molecular complexity index is 1110. The lowest BCUT2D eigenvalue weighted by Gasteiger charge is -2.04. The number of ether oxygens (including phenoxy) is 3. The minimum absolute atomic E-state index is 0.497. The van der Waals surface area contributed by atoms with Crippen LogP contribution in [0, 0.1) is 0 Å². The number of imidazole rings is 1. The van der Waals surface area contributed by atoms with Crippen molar-refractivity contribution in [3.63, 3.8) is 0 Å². The number of methoxy groups -OCH3 is 2. The van der Waals surface area contributed by atoms with Gasteiger partial charge in [0.25, 0.3) is 0 Å². The van der Waals surface area contributed by atoms with Gasteiger partial charge in [-0.25, -0.2) is 4.98 Å². The predicted octanol–water partition coefficient (Wildman–Crippen LogP) is 4.31. The Hall–Kier alpha value is -3.03. The molecule has 0 aliphatic heterocycles. The first-order valence-corrected chi connectivity index (χ1v) is 9.07. The number of rotatable bonds is 7. The molecule has 0 aliphatic rings. The van der Waals surface area contributed by atoms with Gasteiger partial charge in [0.2, 0.25) is 0 Å². The molecule has 0 aliphatic carbocycles. The van der Waals surface area contributed by atoms with Crippen molar-refractivity contribution in [1.29, 1.82) is 0 Å². The van der Waals surface area contributed by atoms with Crippen LogP contribution in [0.2, 0.25) is 5.02 Å². The van der Waals surface area contributed by atoms with Crippen molar-refractivity contribution >= 4 is 22.6 Å². The van der Waals surface area contributed by atoms with Crippen LogP contribution < -0.4 is 9.47 Å². The normalized spacial score (nSPS) is 11.1. The third-order valence-corrected chi connectivity index (χ3v) is 4.59. The minimum Gasteiger partial charge on any atom is -0.495 e. The van der Waals surface area contributed by atoms with Crippen molar-refractivity contribution in [2.45, 2.75) is 0 Å². The molecule has 2 N–H and O–H groups in total. The summed E-state index contributed by atoms with van der Waals surface area (Å²) in [6.45, 7) is 1.04.